The Kier molecular flexibility index (Phi) is 7.10. The summed E-state index contributed by atoms with van der Waals surface area (Å²) in [4.78, 5) is 65.8. The van der Waals surface area contributed by atoms with Crippen LogP contribution in [0.25, 0.3) is 64.3 Å². The Balaban J connectivity index is 1.23. The number of imidazole rings is 2. The number of Topliss-reactive ketones (excluding diaryl/α,β-unsaturated/α-hetero) is 2. The fraction of sp³-hybridized carbons (Fsp3) is 0.333. The molecule has 0 amide bonds. The second-order valence-corrected chi connectivity index (χ2v) is 14.5. The van der Waals surface area contributed by atoms with Gasteiger partial charge in [-0.2, -0.15) is 0 Å². The van der Waals surface area contributed by atoms with Crippen molar-refractivity contribution in [2.75, 3.05) is 0 Å². The minimum atomic E-state index is -0.152. The van der Waals surface area contributed by atoms with Crippen molar-refractivity contribution in [3.63, 3.8) is 0 Å². The molecule has 0 saturated carbocycles. The van der Waals surface area contributed by atoms with Crippen LogP contribution >= 0.6 is 22.7 Å². The van der Waals surface area contributed by atoms with E-state index in [1.54, 1.807) is 31.5 Å². The van der Waals surface area contributed by atoms with Gasteiger partial charge in [-0.25, -0.2) is 9.97 Å². The van der Waals surface area contributed by atoms with E-state index in [9.17, 15) is 19.2 Å². The fourth-order valence-electron chi connectivity index (χ4n) is 7.05. The minimum absolute atomic E-state index is 0.152. The third kappa shape index (κ3) is 4.45. The molecule has 8 nitrogen and oxygen atoms in total. The molecule has 0 bridgehead atoms. The van der Waals surface area contributed by atoms with Crippen molar-refractivity contribution in [2.24, 2.45) is 0 Å². The van der Waals surface area contributed by atoms with Gasteiger partial charge in [0.15, 0.2) is 0 Å². The van der Waals surface area contributed by atoms with Gasteiger partial charge in [0.2, 0.25) is 0 Å². The largest absolute Gasteiger partial charge is 0.300 e. The van der Waals surface area contributed by atoms with Crippen LogP contribution in [-0.4, -0.2) is 30.3 Å². The van der Waals surface area contributed by atoms with Crippen LogP contribution in [0, 0.1) is 0 Å². The highest BCUT2D eigenvalue weighted by atomic mass is 32.1. The van der Waals surface area contributed by atoms with Crippen molar-refractivity contribution < 1.29 is 9.59 Å². The number of ketones is 2. The molecule has 8 aromatic rings. The number of carbonyl (C=O) groups is 2. The van der Waals surface area contributed by atoms with Crippen LogP contribution in [0.15, 0.2) is 46.0 Å². The van der Waals surface area contributed by atoms with Gasteiger partial charge in [-0.1, -0.05) is 13.8 Å². The molecule has 0 radical (unpaired) electrons. The molecule has 46 heavy (non-hydrogen) atoms. The molecular formula is C36H32N4O4S2. The first kappa shape index (κ1) is 29.1. The summed E-state index contributed by atoms with van der Waals surface area (Å²) in [6, 6.07) is 11.6. The van der Waals surface area contributed by atoms with E-state index in [0.717, 1.165) is 90.5 Å². The molecular weight excluding hydrogens is 617 g/mol. The summed E-state index contributed by atoms with van der Waals surface area (Å²) in [5, 5.41) is 4.27. The van der Waals surface area contributed by atoms with Crippen molar-refractivity contribution in [1.29, 1.82) is 0 Å². The number of hydrogen-bond acceptors (Lipinski definition) is 8. The maximum absolute atomic E-state index is 14.1. The van der Waals surface area contributed by atoms with E-state index in [1.807, 2.05) is 50.2 Å². The predicted octanol–water partition coefficient (Wildman–Crippen LogP) is 7.85. The van der Waals surface area contributed by atoms with Crippen molar-refractivity contribution >= 4 is 98.5 Å². The number of hydrogen-bond donors (Lipinski definition) is 0. The smallest absolute Gasteiger partial charge is 0.264 e. The lowest BCUT2D eigenvalue weighted by Crippen LogP contribution is -2.16. The molecule has 0 spiro atoms. The molecule has 0 aliphatic rings. The molecule has 0 fully saturated rings. The van der Waals surface area contributed by atoms with Gasteiger partial charge in [0.05, 0.1) is 11.0 Å². The zero-order valence-corrected chi connectivity index (χ0v) is 27.4. The first-order chi connectivity index (χ1) is 22.4. The van der Waals surface area contributed by atoms with Crippen molar-refractivity contribution in [3.05, 3.63) is 66.9 Å². The average molecular weight is 649 g/mol. The lowest BCUT2D eigenvalue weighted by Gasteiger charge is -2.12. The van der Waals surface area contributed by atoms with Crippen LogP contribution < -0.4 is 11.1 Å². The summed E-state index contributed by atoms with van der Waals surface area (Å²) in [6.07, 6.45) is 7.30. The topological polar surface area (TPSA) is 103 Å². The number of aromatic nitrogens is 4. The lowest BCUT2D eigenvalue weighted by molar-refractivity contribution is -0.120. The number of benzene rings is 2. The van der Waals surface area contributed by atoms with E-state index in [4.69, 9.17) is 9.97 Å². The Morgan fingerprint density at radius 1 is 0.630 bits per heavy atom. The molecule has 232 valence electrons. The Hall–Kier alpha value is -4.28. The van der Waals surface area contributed by atoms with Crippen molar-refractivity contribution in [1.82, 2.24) is 18.8 Å². The van der Waals surface area contributed by atoms with Crippen LogP contribution in [0.5, 0.6) is 0 Å². The van der Waals surface area contributed by atoms with Crippen molar-refractivity contribution in [2.45, 2.75) is 78.1 Å². The number of aryl methyl sites for hydroxylation is 2. The maximum Gasteiger partial charge on any atom is 0.264 e. The molecule has 8 rings (SSSR count). The van der Waals surface area contributed by atoms with Gasteiger partial charge in [0.25, 0.3) is 11.1 Å². The third-order valence-corrected chi connectivity index (χ3v) is 11.3. The van der Waals surface area contributed by atoms with Gasteiger partial charge in [-0.15, -0.1) is 22.7 Å². The number of thiophene rings is 2. The highest BCUT2D eigenvalue weighted by molar-refractivity contribution is 7.19. The van der Waals surface area contributed by atoms with E-state index in [1.165, 1.54) is 0 Å². The number of rotatable bonds is 12. The summed E-state index contributed by atoms with van der Waals surface area (Å²) < 4.78 is 3.41. The quantitative estimate of drug-likeness (QED) is 0.125. The van der Waals surface area contributed by atoms with Crippen LogP contribution in [0.2, 0.25) is 0 Å². The first-order valence-corrected chi connectivity index (χ1v) is 17.8. The normalized spacial score (nSPS) is 12.5. The lowest BCUT2D eigenvalue weighted by atomic mass is 9.96. The molecule has 0 saturated heterocycles. The number of nitrogens with zero attached hydrogens (tertiary/aromatic N) is 4. The molecule has 0 N–H and O–H groups in total. The Morgan fingerprint density at radius 2 is 1.04 bits per heavy atom. The highest BCUT2D eigenvalue weighted by Gasteiger charge is 2.23. The van der Waals surface area contributed by atoms with Crippen LogP contribution in [0.4, 0.5) is 0 Å². The Morgan fingerprint density at radius 3 is 1.46 bits per heavy atom. The molecule has 2 aromatic carbocycles. The van der Waals surface area contributed by atoms with Crippen molar-refractivity contribution in [3.8, 4) is 0 Å². The molecule has 0 aliphatic carbocycles. The van der Waals surface area contributed by atoms with E-state index in [0.29, 0.717) is 59.3 Å². The highest BCUT2D eigenvalue weighted by Crippen LogP contribution is 2.38. The van der Waals surface area contributed by atoms with Crippen LogP contribution in [-0.2, 0) is 22.4 Å². The first-order valence-electron chi connectivity index (χ1n) is 16.1. The molecule has 10 heteroatoms. The zero-order chi connectivity index (χ0) is 31.7. The molecule has 6 heterocycles. The summed E-state index contributed by atoms with van der Waals surface area (Å²) >= 11 is 3.15. The standard InChI is InChI=1S/C36H32N4O4S2/c1-3-7-19(41)9-5-11-21-17-27-33(45-21)37-31-23-13-16-26-30-24(14-15-25(29(23)30)35(43)39(27)31)32-38-34-28(40(32)36(26)44)18-22(46-34)12-6-10-20(42)8-4-2/h13-18H,3-12H2,1-2H3. The number of pyridine rings is 2. The van der Waals surface area contributed by atoms with E-state index in [2.05, 4.69) is 0 Å². The van der Waals surface area contributed by atoms with Gasteiger partial charge < -0.3 is 0 Å². The van der Waals surface area contributed by atoms with Gasteiger partial charge >= 0.3 is 0 Å². The minimum Gasteiger partial charge on any atom is -0.300 e. The maximum atomic E-state index is 14.1. The number of carbonyl (C=O) groups excluding carboxylic acids is 2. The molecule has 0 unspecified atom stereocenters. The summed E-state index contributed by atoms with van der Waals surface area (Å²) in [5.41, 5.74) is 2.46. The average Bonchev–Trinajstić information content (AvgIpc) is 3.78. The summed E-state index contributed by atoms with van der Waals surface area (Å²) in [7, 11) is 0. The van der Waals surface area contributed by atoms with E-state index < -0.39 is 0 Å². The second-order valence-electron chi connectivity index (χ2n) is 12.3. The van der Waals surface area contributed by atoms with E-state index >= 15 is 0 Å². The zero-order valence-electron chi connectivity index (χ0n) is 25.8. The van der Waals surface area contributed by atoms with Crippen LogP contribution in [0.1, 0.15) is 75.0 Å². The Labute approximate surface area is 271 Å². The monoisotopic (exact) mass is 648 g/mol. The molecule has 0 aliphatic heterocycles. The van der Waals surface area contributed by atoms with Gasteiger partial charge in [-0.05, 0) is 74.9 Å². The Bertz CT molecular complexity index is 2430. The SMILES string of the molecule is CCCC(=O)CCCc1cc2c(nc3c4ccc5c(=O)n6c7cc(CCCC(=O)CCC)sc7nc6c6ccc(c(=O)n23)c4c56)s1. The van der Waals surface area contributed by atoms with Crippen LogP contribution in [0.3, 0.4) is 0 Å². The fourth-order valence-corrected chi connectivity index (χ4v) is 9.16. The van der Waals surface area contributed by atoms with Gasteiger partial charge in [0, 0.05) is 67.8 Å². The third-order valence-electron chi connectivity index (χ3n) is 9.13. The van der Waals surface area contributed by atoms with E-state index in [-0.39, 0.29) is 11.1 Å². The van der Waals surface area contributed by atoms with Gasteiger partial charge in [-0.3, -0.25) is 28.0 Å². The second kappa shape index (κ2) is 11.2. The number of fused-ring (bicyclic) bond motifs is 8. The summed E-state index contributed by atoms with van der Waals surface area (Å²) in [6.45, 7) is 4.04. The summed E-state index contributed by atoms with van der Waals surface area (Å²) in [5.74, 6) is 0.597. The molecule has 0 atom stereocenters. The molecule has 6 aromatic heterocycles. The predicted molar refractivity (Wildman–Crippen MR) is 188 cm³/mol. The van der Waals surface area contributed by atoms with Gasteiger partial charge in [0.1, 0.15) is 32.5 Å².